The lowest BCUT2D eigenvalue weighted by Crippen LogP contribution is -2.38. The minimum Gasteiger partial charge on any atom is -0.497 e. The summed E-state index contributed by atoms with van der Waals surface area (Å²) >= 11 is 0. The van der Waals surface area contributed by atoms with Gasteiger partial charge in [0.2, 0.25) is 5.88 Å². The van der Waals surface area contributed by atoms with Crippen LogP contribution in [0.2, 0.25) is 0 Å². The normalized spacial score (nSPS) is 14.8. The van der Waals surface area contributed by atoms with E-state index in [-0.39, 0.29) is 0 Å². The summed E-state index contributed by atoms with van der Waals surface area (Å²) in [7, 11) is 1.66. The van der Waals surface area contributed by atoms with Crippen molar-refractivity contribution in [1.82, 2.24) is 9.88 Å². The van der Waals surface area contributed by atoms with Crippen LogP contribution >= 0.6 is 0 Å². The van der Waals surface area contributed by atoms with Gasteiger partial charge in [-0.15, -0.1) is 0 Å². The first kappa shape index (κ1) is 20.4. The Morgan fingerprint density at radius 2 is 2.00 bits per heavy atom. The third-order valence-corrected chi connectivity index (χ3v) is 4.69. The highest BCUT2D eigenvalue weighted by Crippen LogP contribution is 2.26. The first-order valence-electron chi connectivity index (χ1n) is 9.63. The minimum atomic E-state index is 0.435. The molecule has 1 aromatic carbocycles. The van der Waals surface area contributed by atoms with Gasteiger partial charge in [-0.25, -0.2) is 4.98 Å². The van der Waals surface area contributed by atoms with Crippen LogP contribution in [0.15, 0.2) is 36.5 Å². The number of anilines is 1. The van der Waals surface area contributed by atoms with Crippen LogP contribution in [-0.4, -0.2) is 69.7 Å². The SMILES string of the molecule is COc1cccc(Cc2c(N)ccnc2OCCOCCN2CCOCC2)c1. The van der Waals surface area contributed by atoms with Crippen molar-refractivity contribution in [2.45, 2.75) is 6.42 Å². The predicted octanol–water partition coefficient (Wildman–Crippen LogP) is 1.99. The number of ether oxygens (including phenoxy) is 4. The third kappa shape index (κ3) is 6.09. The van der Waals surface area contributed by atoms with Crippen LogP contribution in [-0.2, 0) is 15.9 Å². The maximum absolute atomic E-state index is 6.18. The second-order valence-electron chi connectivity index (χ2n) is 6.63. The average molecular weight is 387 g/mol. The maximum Gasteiger partial charge on any atom is 0.219 e. The molecule has 3 rings (SSSR count). The molecule has 1 aliphatic heterocycles. The van der Waals surface area contributed by atoms with Crippen LogP contribution in [0.1, 0.15) is 11.1 Å². The molecule has 28 heavy (non-hydrogen) atoms. The van der Waals surface area contributed by atoms with E-state index in [0.29, 0.717) is 37.8 Å². The Labute approximate surface area is 166 Å². The number of rotatable bonds is 10. The summed E-state index contributed by atoms with van der Waals surface area (Å²) in [6.45, 7) is 6.11. The molecule has 0 unspecified atom stereocenters. The van der Waals surface area contributed by atoms with Crippen molar-refractivity contribution in [2.75, 3.05) is 65.5 Å². The number of methoxy groups -OCH3 is 1. The molecule has 2 aromatic rings. The molecule has 0 radical (unpaired) electrons. The van der Waals surface area contributed by atoms with Crippen molar-refractivity contribution in [2.24, 2.45) is 0 Å². The summed E-state index contributed by atoms with van der Waals surface area (Å²) in [5.74, 6) is 1.37. The lowest BCUT2D eigenvalue weighted by Gasteiger charge is -2.26. The topological polar surface area (TPSA) is 79.1 Å². The standard InChI is InChI=1S/C21H29N3O4/c1-25-18-4-2-3-17(15-18)16-19-20(22)5-6-23-21(19)28-14-13-27-12-9-24-7-10-26-11-8-24/h2-6,15H,7-14,16H2,1H3,(H2,22,23). The van der Waals surface area contributed by atoms with E-state index in [4.69, 9.17) is 24.7 Å². The molecule has 0 spiro atoms. The van der Waals surface area contributed by atoms with Gasteiger partial charge < -0.3 is 24.7 Å². The zero-order chi connectivity index (χ0) is 19.6. The Balaban J connectivity index is 1.47. The first-order chi connectivity index (χ1) is 13.8. The Morgan fingerprint density at radius 1 is 1.14 bits per heavy atom. The van der Waals surface area contributed by atoms with E-state index in [0.717, 1.165) is 49.7 Å². The zero-order valence-corrected chi connectivity index (χ0v) is 16.4. The number of nitrogens with zero attached hydrogens (tertiary/aromatic N) is 2. The van der Waals surface area contributed by atoms with Gasteiger partial charge in [-0.1, -0.05) is 12.1 Å². The van der Waals surface area contributed by atoms with Crippen LogP contribution in [0.25, 0.3) is 0 Å². The smallest absolute Gasteiger partial charge is 0.219 e. The summed E-state index contributed by atoms with van der Waals surface area (Å²) in [4.78, 5) is 6.70. The highest BCUT2D eigenvalue weighted by Gasteiger charge is 2.12. The van der Waals surface area contributed by atoms with E-state index in [1.165, 1.54) is 0 Å². The van der Waals surface area contributed by atoms with Crippen LogP contribution in [0, 0.1) is 0 Å². The number of hydrogen-bond acceptors (Lipinski definition) is 7. The number of hydrogen-bond donors (Lipinski definition) is 1. The Morgan fingerprint density at radius 3 is 2.82 bits per heavy atom. The monoisotopic (exact) mass is 387 g/mol. The molecule has 1 aliphatic rings. The van der Waals surface area contributed by atoms with Gasteiger partial charge in [0, 0.05) is 43.5 Å². The minimum absolute atomic E-state index is 0.435. The van der Waals surface area contributed by atoms with Crippen molar-refractivity contribution < 1.29 is 18.9 Å². The average Bonchev–Trinajstić information content (AvgIpc) is 2.73. The molecule has 152 valence electrons. The number of nitrogens with two attached hydrogens (primary N) is 1. The molecule has 7 heteroatoms. The van der Waals surface area contributed by atoms with Gasteiger partial charge in [-0.05, 0) is 23.8 Å². The molecule has 0 saturated carbocycles. The van der Waals surface area contributed by atoms with Crippen molar-refractivity contribution in [1.29, 1.82) is 0 Å². The first-order valence-corrected chi connectivity index (χ1v) is 9.63. The second-order valence-corrected chi connectivity index (χ2v) is 6.63. The molecule has 0 bridgehead atoms. The van der Waals surface area contributed by atoms with Crippen molar-refractivity contribution in [3.8, 4) is 11.6 Å². The quantitative estimate of drug-likeness (QED) is 0.625. The summed E-state index contributed by atoms with van der Waals surface area (Å²) < 4.78 is 22.2. The van der Waals surface area contributed by atoms with E-state index < -0.39 is 0 Å². The number of aromatic nitrogens is 1. The third-order valence-electron chi connectivity index (χ3n) is 4.69. The lowest BCUT2D eigenvalue weighted by atomic mass is 10.0. The summed E-state index contributed by atoms with van der Waals surface area (Å²) in [5, 5.41) is 0. The molecule has 0 amide bonds. The summed E-state index contributed by atoms with van der Waals surface area (Å²) in [6.07, 6.45) is 2.29. The summed E-state index contributed by atoms with van der Waals surface area (Å²) in [5.41, 5.74) is 8.81. The maximum atomic E-state index is 6.18. The fourth-order valence-corrected chi connectivity index (χ4v) is 3.09. The van der Waals surface area contributed by atoms with Crippen LogP contribution in [0.3, 0.4) is 0 Å². The predicted molar refractivity (Wildman–Crippen MR) is 108 cm³/mol. The fourth-order valence-electron chi connectivity index (χ4n) is 3.09. The number of benzene rings is 1. The molecule has 2 N–H and O–H groups in total. The van der Waals surface area contributed by atoms with Gasteiger partial charge in [0.15, 0.2) is 0 Å². The van der Waals surface area contributed by atoms with Crippen LogP contribution in [0.4, 0.5) is 5.69 Å². The molecular formula is C21H29N3O4. The molecule has 0 atom stereocenters. The van der Waals surface area contributed by atoms with E-state index >= 15 is 0 Å². The molecular weight excluding hydrogens is 358 g/mol. The zero-order valence-electron chi connectivity index (χ0n) is 16.4. The Kier molecular flexibility index (Phi) is 7.90. The summed E-state index contributed by atoms with van der Waals surface area (Å²) in [6, 6.07) is 9.70. The van der Waals surface area contributed by atoms with Gasteiger partial charge in [0.05, 0.1) is 33.5 Å². The molecule has 1 fully saturated rings. The van der Waals surface area contributed by atoms with Crippen LogP contribution < -0.4 is 15.2 Å². The van der Waals surface area contributed by atoms with Gasteiger partial charge in [-0.2, -0.15) is 0 Å². The number of morpholine rings is 1. The molecule has 1 saturated heterocycles. The van der Waals surface area contributed by atoms with Gasteiger partial charge in [-0.3, -0.25) is 4.90 Å². The Bertz CT molecular complexity index is 735. The fraction of sp³-hybridized carbons (Fsp3) is 0.476. The van der Waals surface area contributed by atoms with Gasteiger partial charge in [0.1, 0.15) is 12.4 Å². The molecule has 0 aliphatic carbocycles. The molecule has 7 nitrogen and oxygen atoms in total. The van der Waals surface area contributed by atoms with E-state index in [1.54, 1.807) is 19.4 Å². The highest BCUT2D eigenvalue weighted by atomic mass is 16.5. The lowest BCUT2D eigenvalue weighted by molar-refractivity contribution is 0.0168. The van der Waals surface area contributed by atoms with Crippen LogP contribution in [0.5, 0.6) is 11.6 Å². The number of nitrogen functional groups attached to an aromatic ring is 1. The Hall–Kier alpha value is -2.35. The van der Waals surface area contributed by atoms with Crippen molar-refractivity contribution >= 4 is 5.69 Å². The molecule has 1 aromatic heterocycles. The van der Waals surface area contributed by atoms with Gasteiger partial charge in [0.25, 0.3) is 0 Å². The van der Waals surface area contributed by atoms with E-state index in [9.17, 15) is 0 Å². The van der Waals surface area contributed by atoms with Crippen molar-refractivity contribution in [3.63, 3.8) is 0 Å². The largest absolute Gasteiger partial charge is 0.497 e. The second kappa shape index (κ2) is 10.8. The van der Waals surface area contributed by atoms with Crippen molar-refractivity contribution in [3.05, 3.63) is 47.7 Å². The van der Waals surface area contributed by atoms with E-state index in [1.807, 2.05) is 24.3 Å². The molecule has 2 heterocycles. The van der Waals surface area contributed by atoms with Gasteiger partial charge >= 0.3 is 0 Å². The van der Waals surface area contributed by atoms with E-state index in [2.05, 4.69) is 9.88 Å². The highest BCUT2D eigenvalue weighted by molar-refractivity contribution is 5.53. The number of pyridine rings is 1.